The second kappa shape index (κ2) is 7.61. The molecule has 1 saturated heterocycles. The highest BCUT2D eigenvalue weighted by atomic mass is 79.9. The number of benzene rings is 1. The Bertz CT molecular complexity index is 457. The normalized spacial score (nSPS) is 16.6. The summed E-state index contributed by atoms with van der Waals surface area (Å²) < 4.78 is 39.3. The van der Waals surface area contributed by atoms with Gasteiger partial charge in [-0.15, -0.1) is 0 Å². The summed E-state index contributed by atoms with van der Waals surface area (Å²) in [7, 11) is 0. The number of likely N-dealkylation sites (tertiary alicyclic amines) is 1. The lowest BCUT2D eigenvalue weighted by atomic mass is 10.1. The summed E-state index contributed by atoms with van der Waals surface area (Å²) in [5.74, 6) is 0. The van der Waals surface area contributed by atoms with E-state index in [-0.39, 0.29) is 6.54 Å². The fraction of sp³-hybridized carbons (Fsp3) is 0.600. The first-order chi connectivity index (χ1) is 9.97. The van der Waals surface area contributed by atoms with Crippen molar-refractivity contribution in [1.29, 1.82) is 0 Å². The highest BCUT2D eigenvalue weighted by Crippen LogP contribution is 2.33. The molecule has 0 atom stereocenters. The molecule has 0 spiro atoms. The third-order valence-electron chi connectivity index (χ3n) is 3.72. The van der Waals surface area contributed by atoms with Crippen molar-refractivity contribution in [1.82, 2.24) is 10.2 Å². The summed E-state index contributed by atoms with van der Waals surface area (Å²) in [5.41, 5.74) is -0.268. The predicted molar refractivity (Wildman–Crippen MR) is 81.1 cm³/mol. The molecule has 118 valence electrons. The Morgan fingerprint density at radius 2 is 1.90 bits per heavy atom. The number of hydrogen-bond acceptors (Lipinski definition) is 2. The lowest BCUT2D eigenvalue weighted by Gasteiger charge is -2.16. The summed E-state index contributed by atoms with van der Waals surface area (Å²) in [6, 6.07) is 4.32. The molecule has 2 nitrogen and oxygen atoms in total. The van der Waals surface area contributed by atoms with Gasteiger partial charge in [-0.2, -0.15) is 13.2 Å². The van der Waals surface area contributed by atoms with E-state index < -0.39 is 11.7 Å². The highest BCUT2D eigenvalue weighted by Gasteiger charge is 2.33. The largest absolute Gasteiger partial charge is 0.416 e. The third kappa shape index (κ3) is 5.27. The Morgan fingerprint density at radius 1 is 1.19 bits per heavy atom. The molecule has 0 amide bonds. The molecule has 1 aliphatic rings. The SMILES string of the molecule is FC(F)(F)c1cc(Br)ccc1CNCCCN1CCCC1. The quantitative estimate of drug-likeness (QED) is 0.766. The van der Waals surface area contributed by atoms with Gasteiger partial charge in [-0.3, -0.25) is 0 Å². The first-order valence-corrected chi connectivity index (χ1v) is 8.05. The van der Waals surface area contributed by atoms with Crippen LogP contribution in [-0.2, 0) is 12.7 Å². The maximum Gasteiger partial charge on any atom is 0.416 e. The summed E-state index contributed by atoms with van der Waals surface area (Å²) in [6.07, 6.45) is -0.809. The fourth-order valence-corrected chi connectivity index (χ4v) is 2.98. The average molecular weight is 365 g/mol. The molecule has 0 saturated carbocycles. The van der Waals surface area contributed by atoms with Gasteiger partial charge >= 0.3 is 6.18 Å². The van der Waals surface area contributed by atoms with Gasteiger partial charge in [0.05, 0.1) is 5.56 Å². The maximum absolute atomic E-state index is 13.0. The second-order valence-electron chi connectivity index (χ2n) is 5.38. The third-order valence-corrected chi connectivity index (χ3v) is 4.21. The van der Waals surface area contributed by atoms with Gasteiger partial charge in [0.1, 0.15) is 0 Å². The molecule has 0 bridgehead atoms. The highest BCUT2D eigenvalue weighted by molar-refractivity contribution is 9.10. The molecule has 1 aromatic rings. The van der Waals surface area contributed by atoms with Crippen LogP contribution in [0.2, 0.25) is 0 Å². The standard InChI is InChI=1S/C15H20BrF3N2/c16-13-5-4-12(14(10-13)15(17,18)19)11-20-6-3-9-21-7-1-2-8-21/h4-5,10,20H,1-3,6-9,11H2. The molecule has 2 rings (SSSR count). The summed E-state index contributed by atoms with van der Waals surface area (Å²) >= 11 is 3.09. The molecule has 0 radical (unpaired) electrons. The van der Waals surface area contributed by atoms with Crippen molar-refractivity contribution in [2.24, 2.45) is 0 Å². The van der Waals surface area contributed by atoms with Crippen LogP contribution in [0.15, 0.2) is 22.7 Å². The van der Waals surface area contributed by atoms with Crippen molar-refractivity contribution in [2.75, 3.05) is 26.2 Å². The molecule has 1 fully saturated rings. The average Bonchev–Trinajstić information content (AvgIpc) is 2.92. The Morgan fingerprint density at radius 3 is 2.57 bits per heavy atom. The van der Waals surface area contributed by atoms with Crippen LogP contribution in [-0.4, -0.2) is 31.1 Å². The molecule has 1 aromatic carbocycles. The zero-order valence-electron chi connectivity index (χ0n) is 11.8. The van der Waals surface area contributed by atoms with Gasteiger partial charge in [0, 0.05) is 11.0 Å². The minimum Gasteiger partial charge on any atom is -0.313 e. The maximum atomic E-state index is 13.0. The molecule has 21 heavy (non-hydrogen) atoms. The molecule has 1 heterocycles. The first kappa shape index (κ1) is 16.8. The van der Waals surface area contributed by atoms with Crippen molar-refractivity contribution in [3.8, 4) is 0 Å². The van der Waals surface area contributed by atoms with E-state index in [1.165, 1.54) is 18.9 Å². The van der Waals surface area contributed by atoms with Crippen LogP contribution in [0, 0.1) is 0 Å². The Balaban J connectivity index is 1.79. The number of nitrogens with one attached hydrogen (secondary N) is 1. The smallest absolute Gasteiger partial charge is 0.313 e. The Labute approximate surface area is 131 Å². The van der Waals surface area contributed by atoms with Crippen LogP contribution in [0.1, 0.15) is 30.4 Å². The van der Waals surface area contributed by atoms with E-state index in [2.05, 4.69) is 26.1 Å². The molecule has 0 unspecified atom stereocenters. The zero-order chi connectivity index (χ0) is 15.3. The predicted octanol–water partition coefficient (Wildman–Crippen LogP) is 4.04. The number of alkyl halides is 3. The molecule has 1 aliphatic heterocycles. The molecule has 0 aromatic heterocycles. The number of hydrogen-bond donors (Lipinski definition) is 1. The van der Waals surface area contributed by atoms with Crippen molar-refractivity contribution >= 4 is 15.9 Å². The molecule has 6 heteroatoms. The lowest BCUT2D eigenvalue weighted by Crippen LogP contribution is -2.25. The number of halogens is 4. The van der Waals surface area contributed by atoms with E-state index in [1.807, 2.05) is 0 Å². The van der Waals surface area contributed by atoms with Gasteiger partial charge in [-0.1, -0.05) is 22.0 Å². The Kier molecular flexibility index (Phi) is 6.08. The van der Waals surface area contributed by atoms with E-state index in [4.69, 9.17) is 0 Å². The van der Waals surface area contributed by atoms with Crippen molar-refractivity contribution < 1.29 is 13.2 Å². The van der Waals surface area contributed by atoms with Crippen LogP contribution < -0.4 is 5.32 Å². The van der Waals surface area contributed by atoms with Gasteiger partial charge in [0.15, 0.2) is 0 Å². The molecule has 0 aliphatic carbocycles. The van der Waals surface area contributed by atoms with Crippen LogP contribution in [0.3, 0.4) is 0 Å². The van der Waals surface area contributed by atoms with E-state index in [0.29, 0.717) is 10.0 Å². The number of nitrogens with zero attached hydrogens (tertiary/aromatic N) is 1. The van der Waals surface area contributed by atoms with Gasteiger partial charge in [0.25, 0.3) is 0 Å². The van der Waals surface area contributed by atoms with E-state index in [0.717, 1.165) is 38.7 Å². The minimum absolute atomic E-state index is 0.252. The summed E-state index contributed by atoms with van der Waals surface area (Å²) in [5, 5.41) is 3.12. The monoisotopic (exact) mass is 364 g/mol. The Hall–Kier alpha value is -0.590. The minimum atomic E-state index is -4.31. The topological polar surface area (TPSA) is 15.3 Å². The van der Waals surface area contributed by atoms with E-state index in [1.54, 1.807) is 6.07 Å². The van der Waals surface area contributed by atoms with Crippen molar-refractivity contribution in [3.63, 3.8) is 0 Å². The van der Waals surface area contributed by atoms with Crippen LogP contribution in [0.4, 0.5) is 13.2 Å². The van der Waals surface area contributed by atoms with Gasteiger partial charge in [-0.05, 0) is 63.1 Å². The van der Waals surface area contributed by atoms with Crippen molar-refractivity contribution in [2.45, 2.75) is 32.0 Å². The second-order valence-corrected chi connectivity index (χ2v) is 6.29. The van der Waals surface area contributed by atoms with E-state index in [9.17, 15) is 13.2 Å². The van der Waals surface area contributed by atoms with Gasteiger partial charge < -0.3 is 10.2 Å². The lowest BCUT2D eigenvalue weighted by molar-refractivity contribution is -0.138. The summed E-state index contributed by atoms with van der Waals surface area (Å²) in [4.78, 5) is 2.41. The fourth-order valence-electron chi connectivity index (χ4n) is 2.62. The molecular weight excluding hydrogens is 345 g/mol. The van der Waals surface area contributed by atoms with Crippen LogP contribution in [0.5, 0.6) is 0 Å². The van der Waals surface area contributed by atoms with Crippen LogP contribution >= 0.6 is 15.9 Å². The van der Waals surface area contributed by atoms with Gasteiger partial charge in [-0.25, -0.2) is 0 Å². The van der Waals surface area contributed by atoms with Crippen LogP contribution in [0.25, 0.3) is 0 Å². The summed E-state index contributed by atoms with van der Waals surface area (Å²) in [6.45, 7) is 4.33. The molecular formula is C15H20BrF3N2. The van der Waals surface area contributed by atoms with Gasteiger partial charge in [0.2, 0.25) is 0 Å². The zero-order valence-corrected chi connectivity index (χ0v) is 13.4. The van der Waals surface area contributed by atoms with E-state index >= 15 is 0 Å². The molecule has 1 N–H and O–H groups in total. The first-order valence-electron chi connectivity index (χ1n) is 7.25. The number of rotatable bonds is 6. The van der Waals surface area contributed by atoms with Crippen molar-refractivity contribution in [3.05, 3.63) is 33.8 Å².